The van der Waals surface area contributed by atoms with E-state index in [0.29, 0.717) is 22.1 Å². The van der Waals surface area contributed by atoms with Crippen LogP contribution in [0.2, 0.25) is 0 Å². The number of nitrogens with one attached hydrogen (secondary N) is 1. The summed E-state index contributed by atoms with van der Waals surface area (Å²) in [5.74, 6) is 0.138. The summed E-state index contributed by atoms with van der Waals surface area (Å²) in [6.07, 6.45) is 0.404. The molecular weight excluding hydrogens is 354 g/mol. The van der Waals surface area contributed by atoms with Crippen molar-refractivity contribution >= 4 is 47.3 Å². The van der Waals surface area contributed by atoms with Crippen LogP contribution < -0.4 is 5.32 Å². The first kappa shape index (κ1) is 16.5. The van der Waals surface area contributed by atoms with Crippen molar-refractivity contribution in [2.75, 3.05) is 5.32 Å². The van der Waals surface area contributed by atoms with Gasteiger partial charge in [0.2, 0.25) is 5.91 Å². The van der Waals surface area contributed by atoms with Crippen LogP contribution in [-0.2, 0) is 13.8 Å². The lowest BCUT2D eigenvalue weighted by molar-refractivity contribution is -0.116. The smallest absolute Gasteiger partial charge is 0.261 e. The largest absolute Gasteiger partial charge is 0.325 e. The molecule has 1 amide bonds. The average molecular weight is 369 g/mol. The number of carbonyl (C=O) groups excluding carboxylic acids is 1. The number of rotatable bonds is 4. The van der Waals surface area contributed by atoms with E-state index in [0.717, 1.165) is 0 Å². The molecule has 0 unspecified atom stereocenters. The number of benzene rings is 1. The van der Waals surface area contributed by atoms with Gasteiger partial charge >= 0.3 is 0 Å². The van der Waals surface area contributed by atoms with E-state index < -0.39 is 9.05 Å². The van der Waals surface area contributed by atoms with Crippen molar-refractivity contribution < 1.29 is 13.2 Å². The number of anilines is 1. The van der Waals surface area contributed by atoms with Gasteiger partial charge in [-0.1, -0.05) is 13.8 Å². The summed E-state index contributed by atoms with van der Waals surface area (Å²) < 4.78 is 23.2. The third-order valence-electron chi connectivity index (χ3n) is 2.40. The van der Waals surface area contributed by atoms with E-state index in [1.165, 1.54) is 6.07 Å². The van der Waals surface area contributed by atoms with Gasteiger partial charge in [0.15, 0.2) is 0 Å². The first-order valence-corrected chi connectivity index (χ1v) is 8.76. The second kappa shape index (κ2) is 6.24. The fraction of sp³-hybridized carbons (Fsp3) is 0.417. The molecule has 0 aliphatic heterocycles. The first-order chi connectivity index (χ1) is 8.61. The van der Waals surface area contributed by atoms with Gasteiger partial charge in [-0.05, 0) is 46.5 Å². The normalized spacial score (nSPS) is 11.7. The molecule has 0 bridgehead atoms. The van der Waals surface area contributed by atoms with Crippen LogP contribution in [0.25, 0.3) is 0 Å². The Hall–Kier alpha value is -0.590. The second-order valence-electron chi connectivity index (χ2n) is 4.68. The molecule has 4 nitrogen and oxygen atoms in total. The van der Waals surface area contributed by atoms with E-state index in [9.17, 15) is 13.2 Å². The first-order valence-electron chi connectivity index (χ1n) is 5.66. The number of hydrogen-bond acceptors (Lipinski definition) is 3. The second-order valence-corrected chi connectivity index (χ2v) is 8.07. The van der Waals surface area contributed by atoms with Gasteiger partial charge in [-0.2, -0.15) is 0 Å². The van der Waals surface area contributed by atoms with Gasteiger partial charge in [0.25, 0.3) is 9.05 Å². The third kappa shape index (κ3) is 4.78. The van der Waals surface area contributed by atoms with Crippen molar-refractivity contribution in [3.63, 3.8) is 0 Å². The lowest BCUT2D eigenvalue weighted by Crippen LogP contribution is -2.14. The Morgan fingerprint density at radius 2 is 2.00 bits per heavy atom. The van der Waals surface area contributed by atoms with Crippen molar-refractivity contribution in [3.8, 4) is 0 Å². The van der Waals surface area contributed by atoms with Crippen LogP contribution in [0.15, 0.2) is 21.5 Å². The zero-order chi connectivity index (χ0) is 14.8. The summed E-state index contributed by atoms with van der Waals surface area (Å²) in [5, 5.41) is 2.74. The molecule has 0 heterocycles. The standard InChI is InChI=1S/C12H15BrClNO3S/c1-7(2)4-12(16)15-10-5-8(3)11(6-9(10)13)19(14,17)18/h5-7H,4H2,1-3H3,(H,15,16). The molecule has 1 aromatic carbocycles. The van der Waals surface area contributed by atoms with E-state index >= 15 is 0 Å². The molecular formula is C12H15BrClNO3S. The molecule has 0 fully saturated rings. The van der Waals surface area contributed by atoms with Gasteiger partial charge in [-0.3, -0.25) is 4.79 Å². The predicted molar refractivity (Wildman–Crippen MR) is 80.0 cm³/mol. The predicted octanol–water partition coefficient (Wildman–Crippen LogP) is 3.67. The zero-order valence-corrected chi connectivity index (χ0v) is 14.0. The van der Waals surface area contributed by atoms with Crippen molar-refractivity contribution in [2.24, 2.45) is 5.92 Å². The summed E-state index contributed by atoms with van der Waals surface area (Å²) >= 11 is 3.23. The van der Waals surface area contributed by atoms with Crippen LogP contribution in [-0.4, -0.2) is 14.3 Å². The molecule has 0 aliphatic rings. The molecule has 0 aliphatic carbocycles. The van der Waals surface area contributed by atoms with Crippen molar-refractivity contribution in [1.29, 1.82) is 0 Å². The fourth-order valence-corrected chi connectivity index (χ4v) is 3.39. The van der Waals surface area contributed by atoms with Gasteiger partial charge < -0.3 is 5.32 Å². The highest BCUT2D eigenvalue weighted by molar-refractivity contribution is 9.10. The van der Waals surface area contributed by atoms with Crippen LogP contribution in [0.5, 0.6) is 0 Å². The molecule has 0 saturated heterocycles. The van der Waals surface area contributed by atoms with Crippen LogP contribution >= 0.6 is 26.6 Å². The molecule has 7 heteroatoms. The topological polar surface area (TPSA) is 63.2 Å². The molecule has 0 aromatic heterocycles. The minimum Gasteiger partial charge on any atom is -0.325 e. The highest BCUT2D eigenvalue weighted by atomic mass is 79.9. The summed E-state index contributed by atoms with van der Waals surface area (Å²) in [4.78, 5) is 11.7. The minimum absolute atomic E-state index is 0.0305. The Kier molecular flexibility index (Phi) is 5.41. The van der Waals surface area contributed by atoms with E-state index in [1.54, 1.807) is 13.0 Å². The van der Waals surface area contributed by atoms with E-state index in [4.69, 9.17) is 10.7 Å². The maximum atomic E-state index is 11.7. The van der Waals surface area contributed by atoms with E-state index in [1.807, 2.05) is 13.8 Å². The Morgan fingerprint density at radius 3 is 2.47 bits per heavy atom. The summed E-state index contributed by atoms with van der Waals surface area (Å²) in [6, 6.07) is 2.97. The molecule has 1 N–H and O–H groups in total. The summed E-state index contributed by atoms with van der Waals surface area (Å²) in [5.41, 5.74) is 1.02. The molecule has 0 atom stereocenters. The maximum Gasteiger partial charge on any atom is 0.261 e. The Labute approximate surface area is 126 Å². The molecule has 106 valence electrons. The van der Waals surface area contributed by atoms with Crippen molar-refractivity contribution in [2.45, 2.75) is 32.1 Å². The lowest BCUT2D eigenvalue weighted by Gasteiger charge is -2.11. The van der Waals surface area contributed by atoms with Crippen LogP contribution in [0.4, 0.5) is 5.69 Å². The average Bonchev–Trinajstić information content (AvgIpc) is 2.19. The Bertz CT molecular complexity index is 599. The molecule has 0 saturated carbocycles. The van der Waals surface area contributed by atoms with E-state index in [-0.39, 0.29) is 16.7 Å². The number of carbonyl (C=O) groups is 1. The molecule has 19 heavy (non-hydrogen) atoms. The monoisotopic (exact) mass is 367 g/mol. The van der Waals surface area contributed by atoms with Gasteiger partial charge in [-0.15, -0.1) is 0 Å². The minimum atomic E-state index is -3.79. The molecule has 1 aromatic rings. The van der Waals surface area contributed by atoms with Crippen molar-refractivity contribution in [3.05, 3.63) is 22.2 Å². The van der Waals surface area contributed by atoms with Crippen molar-refractivity contribution in [1.82, 2.24) is 0 Å². The number of halogens is 2. The van der Waals surface area contributed by atoms with Gasteiger partial charge in [0.05, 0.1) is 10.6 Å². The summed E-state index contributed by atoms with van der Waals surface area (Å²) in [6.45, 7) is 5.52. The van der Waals surface area contributed by atoms with Gasteiger partial charge in [0.1, 0.15) is 0 Å². The Balaban J connectivity index is 3.07. The third-order valence-corrected chi connectivity index (χ3v) is 4.52. The quantitative estimate of drug-likeness (QED) is 0.825. The van der Waals surface area contributed by atoms with Crippen LogP contribution in [0.3, 0.4) is 0 Å². The zero-order valence-electron chi connectivity index (χ0n) is 10.8. The van der Waals surface area contributed by atoms with Crippen LogP contribution in [0, 0.1) is 12.8 Å². The lowest BCUT2D eigenvalue weighted by atomic mass is 10.1. The fourth-order valence-electron chi connectivity index (χ4n) is 1.59. The number of hydrogen-bond donors (Lipinski definition) is 1. The van der Waals surface area contributed by atoms with Crippen LogP contribution in [0.1, 0.15) is 25.8 Å². The highest BCUT2D eigenvalue weighted by Gasteiger charge is 2.17. The van der Waals surface area contributed by atoms with Gasteiger partial charge in [0, 0.05) is 21.6 Å². The number of aryl methyl sites for hydroxylation is 1. The molecule has 0 radical (unpaired) electrons. The maximum absolute atomic E-state index is 11.7. The van der Waals surface area contributed by atoms with E-state index in [2.05, 4.69) is 21.2 Å². The SMILES string of the molecule is Cc1cc(NC(=O)CC(C)C)c(Br)cc1S(=O)(=O)Cl. The van der Waals surface area contributed by atoms with Gasteiger partial charge in [-0.25, -0.2) is 8.42 Å². The highest BCUT2D eigenvalue weighted by Crippen LogP contribution is 2.30. The molecule has 0 spiro atoms. The number of amides is 1. The summed E-state index contributed by atoms with van der Waals surface area (Å²) in [7, 11) is 1.54. The molecule has 1 rings (SSSR count). The Morgan fingerprint density at radius 1 is 1.42 bits per heavy atom.